The SMILES string of the molecule is Cc1c(O)c(=O)ccn1CNCn1cc(-c2ccccn2)nn1. The number of nitrogens with zero attached hydrogens (tertiary/aromatic N) is 5. The number of aromatic hydroxyl groups is 1. The molecule has 0 bridgehead atoms. The normalized spacial score (nSPS) is 10.8. The Morgan fingerprint density at radius 1 is 1.22 bits per heavy atom. The van der Waals surface area contributed by atoms with Gasteiger partial charge in [0.05, 0.1) is 30.9 Å². The zero-order chi connectivity index (χ0) is 16.2. The van der Waals surface area contributed by atoms with Crippen molar-refractivity contribution in [2.24, 2.45) is 0 Å². The number of pyridine rings is 2. The second-order valence-corrected chi connectivity index (χ2v) is 5.01. The largest absolute Gasteiger partial charge is 0.503 e. The van der Waals surface area contributed by atoms with Gasteiger partial charge in [0, 0.05) is 18.5 Å². The first-order valence-corrected chi connectivity index (χ1v) is 7.06. The van der Waals surface area contributed by atoms with Crippen LogP contribution in [-0.2, 0) is 13.3 Å². The van der Waals surface area contributed by atoms with Crippen molar-refractivity contribution in [2.45, 2.75) is 20.3 Å². The zero-order valence-corrected chi connectivity index (χ0v) is 12.5. The number of aromatic nitrogens is 5. The van der Waals surface area contributed by atoms with Gasteiger partial charge in [0.2, 0.25) is 5.43 Å². The molecule has 3 heterocycles. The molecule has 0 amide bonds. The van der Waals surface area contributed by atoms with Crippen LogP contribution >= 0.6 is 0 Å². The van der Waals surface area contributed by atoms with Gasteiger partial charge in [0.25, 0.3) is 0 Å². The van der Waals surface area contributed by atoms with Crippen LogP contribution in [0, 0.1) is 6.92 Å². The monoisotopic (exact) mass is 312 g/mol. The second kappa shape index (κ2) is 6.41. The number of hydrogen-bond acceptors (Lipinski definition) is 6. The summed E-state index contributed by atoms with van der Waals surface area (Å²) in [6, 6.07) is 6.94. The van der Waals surface area contributed by atoms with E-state index in [1.807, 2.05) is 18.2 Å². The van der Waals surface area contributed by atoms with E-state index >= 15 is 0 Å². The average Bonchev–Trinajstić information content (AvgIpc) is 3.05. The van der Waals surface area contributed by atoms with Gasteiger partial charge < -0.3 is 9.67 Å². The average molecular weight is 312 g/mol. The highest BCUT2D eigenvalue weighted by atomic mass is 16.3. The van der Waals surface area contributed by atoms with E-state index in [-0.39, 0.29) is 11.2 Å². The minimum Gasteiger partial charge on any atom is -0.503 e. The molecule has 8 heteroatoms. The van der Waals surface area contributed by atoms with Crippen LogP contribution in [0.15, 0.2) is 47.7 Å². The van der Waals surface area contributed by atoms with Gasteiger partial charge in [-0.3, -0.25) is 15.1 Å². The van der Waals surface area contributed by atoms with E-state index in [1.54, 1.807) is 34.8 Å². The fourth-order valence-electron chi connectivity index (χ4n) is 2.13. The van der Waals surface area contributed by atoms with Crippen LogP contribution < -0.4 is 10.7 Å². The van der Waals surface area contributed by atoms with Crippen LogP contribution in [0.3, 0.4) is 0 Å². The summed E-state index contributed by atoms with van der Waals surface area (Å²) in [6.07, 6.45) is 5.13. The van der Waals surface area contributed by atoms with Crippen LogP contribution in [0.25, 0.3) is 11.4 Å². The van der Waals surface area contributed by atoms with Crippen molar-refractivity contribution >= 4 is 0 Å². The molecular weight excluding hydrogens is 296 g/mol. The molecule has 0 saturated carbocycles. The highest BCUT2D eigenvalue weighted by Crippen LogP contribution is 2.11. The first-order valence-electron chi connectivity index (χ1n) is 7.06. The molecule has 3 aromatic heterocycles. The minimum atomic E-state index is -0.380. The summed E-state index contributed by atoms with van der Waals surface area (Å²) in [6.45, 7) is 2.55. The van der Waals surface area contributed by atoms with Crippen molar-refractivity contribution in [3.63, 3.8) is 0 Å². The van der Waals surface area contributed by atoms with Gasteiger partial charge in [0.1, 0.15) is 5.69 Å². The Morgan fingerprint density at radius 2 is 2.09 bits per heavy atom. The quantitative estimate of drug-likeness (QED) is 0.720. The summed E-state index contributed by atoms with van der Waals surface area (Å²) in [4.78, 5) is 15.5. The molecule has 2 N–H and O–H groups in total. The van der Waals surface area contributed by atoms with Crippen molar-refractivity contribution in [1.29, 1.82) is 0 Å². The second-order valence-electron chi connectivity index (χ2n) is 5.01. The van der Waals surface area contributed by atoms with Crippen molar-refractivity contribution < 1.29 is 5.11 Å². The first-order chi connectivity index (χ1) is 11.1. The van der Waals surface area contributed by atoms with Crippen molar-refractivity contribution in [3.8, 4) is 17.1 Å². The summed E-state index contributed by atoms with van der Waals surface area (Å²) in [5.74, 6) is -0.229. The van der Waals surface area contributed by atoms with Crippen molar-refractivity contribution in [3.05, 3.63) is 58.8 Å². The van der Waals surface area contributed by atoms with E-state index in [4.69, 9.17) is 0 Å². The predicted molar refractivity (Wildman–Crippen MR) is 83.5 cm³/mol. The molecule has 0 saturated heterocycles. The van der Waals surface area contributed by atoms with Gasteiger partial charge in [-0.1, -0.05) is 11.3 Å². The molecule has 0 unspecified atom stereocenters. The third-order valence-electron chi connectivity index (χ3n) is 3.43. The number of hydrogen-bond donors (Lipinski definition) is 2. The maximum absolute atomic E-state index is 11.3. The summed E-state index contributed by atoms with van der Waals surface area (Å²) in [7, 11) is 0. The number of rotatable bonds is 5. The Labute approximate surface area is 132 Å². The molecule has 0 aliphatic carbocycles. The molecule has 3 aromatic rings. The van der Waals surface area contributed by atoms with Gasteiger partial charge in [-0.15, -0.1) is 5.10 Å². The fraction of sp³-hybridized carbons (Fsp3) is 0.200. The molecule has 0 spiro atoms. The Balaban J connectivity index is 1.63. The molecule has 0 aromatic carbocycles. The Morgan fingerprint density at radius 3 is 2.87 bits per heavy atom. The van der Waals surface area contributed by atoms with Gasteiger partial charge in [-0.25, -0.2) is 4.68 Å². The van der Waals surface area contributed by atoms with E-state index in [2.05, 4.69) is 20.6 Å². The molecule has 3 rings (SSSR count). The van der Waals surface area contributed by atoms with Gasteiger partial charge >= 0.3 is 0 Å². The first kappa shape index (κ1) is 14.9. The lowest BCUT2D eigenvalue weighted by Crippen LogP contribution is -2.24. The van der Waals surface area contributed by atoms with E-state index in [1.165, 1.54) is 6.07 Å². The molecule has 0 aliphatic heterocycles. The summed E-state index contributed by atoms with van der Waals surface area (Å²) in [5, 5.41) is 20.9. The molecule has 0 fully saturated rings. The van der Waals surface area contributed by atoms with Crippen LogP contribution in [0.4, 0.5) is 0 Å². The smallest absolute Gasteiger partial charge is 0.223 e. The molecule has 23 heavy (non-hydrogen) atoms. The van der Waals surface area contributed by atoms with Crippen molar-refractivity contribution in [1.82, 2.24) is 29.9 Å². The van der Waals surface area contributed by atoms with Crippen LogP contribution in [0.2, 0.25) is 0 Å². The lowest BCUT2D eigenvalue weighted by Gasteiger charge is -2.12. The van der Waals surface area contributed by atoms with E-state index in [0.29, 0.717) is 24.7 Å². The van der Waals surface area contributed by atoms with Crippen LogP contribution in [-0.4, -0.2) is 29.7 Å². The molecule has 0 radical (unpaired) electrons. The van der Waals surface area contributed by atoms with Crippen LogP contribution in [0.5, 0.6) is 5.75 Å². The van der Waals surface area contributed by atoms with E-state index in [9.17, 15) is 9.90 Å². The van der Waals surface area contributed by atoms with E-state index in [0.717, 1.165) is 5.69 Å². The summed E-state index contributed by atoms with van der Waals surface area (Å²) in [5.41, 5.74) is 1.59. The van der Waals surface area contributed by atoms with Gasteiger partial charge in [-0.05, 0) is 19.1 Å². The van der Waals surface area contributed by atoms with Crippen molar-refractivity contribution in [2.75, 3.05) is 0 Å². The molecule has 118 valence electrons. The Hall–Kier alpha value is -3.00. The lowest BCUT2D eigenvalue weighted by atomic mass is 10.3. The maximum Gasteiger partial charge on any atom is 0.223 e. The zero-order valence-electron chi connectivity index (χ0n) is 12.5. The minimum absolute atomic E-state index is 0.229. The van der Waals surface area contributed by atoms with Gasteiger partial charge in [0.15, 0.2) is 5.75 Å². The van der Waals surface area contributed by atoms with Crippen LogP contribution in [0.1, 0.15) is 5.69 Å². The highest BCUT2D eigenvalue weighted by molar-refractivity contribution is 5.51. The van der Waals surface area contributed by atoms with Gasteiger partial charge in [-0.2, -0.15) is 0 Å². The molecule has 8 nitrogen and oxygen atoms in total. The Kier molecular flexibility index (Phi) is 4.15. The third kappa shape index (κ3) is 3.27. The fourth-order valence-corrected chi connectivity index (χ4v) is 2.13. The topological polar surface area (TPSA) is 97.9 Å². The summed E-state index contributed by atoms with van der Waals surface area (Å²) >= 11 is 0. The summed E-state index contributed by atoms with van der Waals surface area (Å²) < 4.78 is 3.40. The molecular formula is C15H16N6O2. The lowest BCUT2D eigenvalue weighted by molar-refractivity contribution is 0.421. The Bertz CT molecular complexity index is 856. The predicted octanol–water partition coefficient (Wildman–Crippen LogP) is 0.721. The van der Waals surface area contributed by atoms with E-state index < -0.39 is 0 Å². The standard InChI is InChI=1S/C15H16N6O2/c1-11-15(23)14(22)5-7-20(11)9-16-10-21-8-13(18-19-21)12-4-2-3-6-17-12/h2-8,16,23H,9-10H2,1H3. The third-order valence-corrected chi connectivity index (χ3v) is 3.43. The molecule has 0 atom stereocenters. The number of nitrogens with one attached hydrogen (secondary N) is 1. The highest BCUT2D eigenvalue weighted by Gasteiger charge is 2.06. The maximum atomic E-state index is 11.3. The molecule has 0 aliphatic rings.